The van der Waals surface area contributed by atoms with Crippen LogP contribution >= 0.6 is 0 Å². The summed E-state index contributed by atoms with van der Waals surface area (Å²) in [6.45, 7) is 5.35. The molecule has 1 aliphatic rings. The minimum Gasteiger partial charge on any atom is -0.467 e. The molecule has 4 heteroatoms. The van der Waals surface area contributed by atoms with Gasteiger partial charge in [0.05, 0.1) is 13.2 Å². The normalized spacial score (nSPS) is 21.4. The molecule has 0 aliphatic carbocycles. The van der Waals surface area contributed by atoms with Gasteiger partial charge in [-0.1, -0.05) is 29.8 Å². The van der Waals surface area contributed by atoms with Crippen molar-refractivity contribution in [1.82, 2.24) is 5.32 Å². The molecule has 1 saturated heterocycles. The smallest absolute Gasteiger partial charge is 0.330 e. The van der Waals surface area contributed by atoms with Crippen LogP contribution in [0.3, 0.4) is 0 Å². The second-order valence-electron chi connectivity index (χ2n) is 5.50. The van der Waals surface area contributed by atoms with E-state index in [0.717, 1.165) is 25.0 Å². The molecule has 4 nitrogen and oxygen atoms in total. The highest BCUT2D eigenvalue weighted by Gasteiger charge is 2.36. The number of esters is 1. The van der Waals surface area contributed by atoms with E-state index in [0.29, 0.717) is 6.54 Å². The number of benzene rings is 1. The Morgan fingerprint density at radius 3 is 2.70 bits per heavy atom. The molecule has 0 amide bonds. The number of rotatable bonds is 5. The lowest BCUT2D eigenvalue weighted by atomic mass is 9.91. The summed E-state index contributed by atoms with van der Waals surface area (Å²) in [5.41, 5.74) is 1.24. The minimum absolute atomic E-state index is 0.185. The lowest BCUT2D eigenvalue weighted by Gasteiger charge is -2.30. The van der Waals surface area contributed by atoms with Gasteiger partial charge in [0.25, 0.3) is 0 Å². The maximum atomic E-state index is 12.2. The van der Waals surface area contributed by atoms with Crippen molar-refractivity contribution in [2.75, 3.05) is 20.3 Å². The summed E-state index contributed by atoms with van der Waals surface area (Å²) >= 11 is 0. The Hall–Kier alpha value is -1.39. The topological polar surface area (TPSA) is 47.6 Å². The zero-order valence-corrected chi connectivity index (χ0v) is 12.4. The molecule has 0 saturated carbocycles. The van der Waals surface area contributed by atoms with Gasteiger partial charge in [0, 0.05) is 13.2 Å². The Balaban J connectivity index is 2.15. The van der Waals surface area contributed by atoms with Gasteiger partial charge >= 0.3 is 5.97 Å². The second-order valence-corrected chi connectivity index (χ2v) is 5.50. The zero-order chi connectivity index (χ0) is 14.6. The van der Waals surface area contributed by atoms with Crippen LogP contribution in [0, 0.1) is 6.92 Å². The van der Waals surface area contributed by atoms with Gasteiger partial charge in [-0.15, -0.1) is 0 Å². The molecule has 110 valence electrons. The largest absolute Gasteiger partial charge is 0.467 e. The quantitative estimate of drug-likeness (QED) is 0.838. The molecule has 0 radical (unpaired) electrons. The summed E-state index contributed by atoms with van der Waals surface area (Å²) in [6, 6.07) is 7.94. The van der Waals surface area contributed by atoms with E-state index in [1.54, 1.807) is 0 Å². The molecule has 20 heavy (non-hydrogen) atoms. The first-order chi connectivity index (χ1) is 9.56. The summed E-state index contributed by atoms with van der Waals surface area (Å²) in [5, 5.41) is 3.32. The molecule has 1 aromatic rings. The molecule has 0 spiro atoms. The third-order valence-corrected chi connectivity index (χ3v) is 3.93. The molecular weight excluding hydrogens is 254 g/mol. The van der Waals surface area contributed by atoms with Crippen LogP contribution in [0.25, 0.3) is 0 Å². The molecule has 1 fully saturated rings. The molecule has 1 aliphatic heterocycles. The molecule has 2 atom stereocenters. The van der Waals surface area contributed by atoms with Gasteiger partial charge in [0.15, 0.2) is 0 Å². The summed E-state index contributed by atoms with van der Waals surface area (Å²) in [7, 11) is 1.42. The standard InChI is InChI=1S/C16H23NO3/c1-12-6-8-13(9-7-12)16(2,15(18)19-3)17-11-14-5-4-10-20-14/h6-9,14,17H,4-5,10-11H2,1-3H3. The van der Waals surface area contributed by atoms with Crippen molar-refractivity contribution >= 4 is 5.97 Å². The van der Waals surface area contributed by atoms with Crippen molar-refractivity contribution in [2.24, 2.45) is 0 Å². The summed E-state index contributed by atoms with van der Waals surface area (Å²) in [4.78, 5) is 12.2. The van der Waals surface area contributed by atoms with Crippen molar-refractivity contribution in [2.45, 2.75) is 38.3 Å². The number of ether oxygens (including phenoxy) is 2. The van der Waals surface area contributed by atoms with E-state index < -0.39 is 5.54 Å². The molecule has 2 unspecified atom stereocenters. The minimum atomic E-state index is -0.839. The van der Waals surface area contributed by atoms with E-state index in [1.807, 2.05) is 38.1 Å². The van der Waals surface area contributed by atoms with Gasteiger partial charge in [0.1, 0.15) is 5.54 Å². The lowest BCUT2D eigenvalue weighted by molar-refractivity contribution is -0.148. The summed E-state index contributed by atoms with van der Waals surface area (Å²) in [6.07, 6.45) is 2.31. The number of carbonyl (C=O) groups is 1. The first kappa shape index (κ1) is 15.0. The SMILES string of the molecule is COC(=O)C(C)(NCC1CCCO1)c1ccc(C)cc1. The summed E-state index contributed by atoms with van der Waals surface area (Å²) in [5.74, 6) is -0.278. The van der Waals surface area contributed by atoms with E-state index in [9.17, 15) is 4.79 Å². The van der Waals surface area contributed by atoms with Crippen molar-refractivity contribution in [3.05, 3.63) is 35.4 Å². The summed E-state index contributed by atoms with van der Waals surface area (Å²) < 4.78 is 10.6. The molecule has 1 aromatic carbocycles. The van der Waals surface area contributed by atoms with Crippen LogP contribution in [-0.4, -0.2) is 32.3 Å². The zero-order valence-electron chi connectivity index (χ0n) is 12.4. The predicted molar refractivity (Wildman–Crippen MR) is 77.5 cm³/mol. The van der Waals surface area contributed by atoms with Gasteiger partial charge in [0.2, 0.25) is 0 Å². The second kappa shape index (κ2) is 6.37. The monoisotopic (exact) mass is 277 g/mol. The molecule has 1 N–H and O–H groups in total. The van der Waals surface area contributed by atoms with E-state index in [1.165, 1.54) is 12.7 Å². The Labute approximate surface area is 120 Å². The Bertz CT molecular complexity index is 451. The Kier molecular flexibility index (Phi) is 4.78. The maximum Gasteiger partial charge on any atom is 0.330 e. The van der Waals surface area contributed by atoms with E-state index in [-0.39, 0.29) is 12.1 Å². The Morgan fingerprint density at radius 2 is 2.15 bits per heavy atom. The van der Waals surface area contributed by atoms with Gasteiger partial charge in [-0.25, -0.2) is 4.79 Å². The van der Waals surface area contributed by atoms with Crippen LogP contribution in [-0.2, 0) is 19.8 Å². The van der Waals surface area contributed by atoms with Gasteiger partial charge in [-0.05, 0) is 32.3 Å². The first-order valence-electron chi connectivity index (χ1n) is 7.08. The number of nitrogens with one attached hydrogen (secondary N) is 1. The van der Waals surface area contributed by atoms with Crippen LogP contribution in [0.1, 0.15) is 30.9 Å². The predicted octanol–water partition coefficient (Wildman–Crippen LogP) is 2.15. The van der Waals surface area contributed by atoms with Crippen LogP contribution in [0.5, 0.6) is 0 Å². The number of methoxy groups -OCH3 is 1. The molecule has 1 heterocycles. The third kappa shape index (κ3) is 3.19. The van der Waals surface area contributed by atoms with Gasteiger partial charge < -0.3 is 9.47 Å². The highest BCUT2D eigenvalue weighted by Crippen LogP contribution is 2.24. The average molecular weight is 277 g/mol. The number of aryl methyl sites for hydroxylation is 1. The maximum absolute atomic E-state index is 12.2. The molecule has 0 bridgehead atoms. The van der Waals surface area contributed by atoms with Crippen LogP contribution in [0.4, 0.5) is 0 Å². The highest BCUT2D eigenvalue weighted by atomic mass is 16.5. The molecule has 2 rings (SSSR count). The van der Waals surface area contributed by atoms with Crippen LogP contribution in [0.15, 0.2) is 24.3 Å². The van der Waals surface area contributed by atoms with E-state index >= 15 is 0 Å². The first-order valence-corrected chi connectivity index (χ1v) is 7.08. The fourth-order valence-corrected chi connectivity index (χ4v) is 2.51. The Morgan fingerprint density at radius 1 is 1.45 bits per heavy atom. The number of hydrogen-bond donors (Lipinski definition) is 1. The van der Waals surface area contributed by atoms with Crippen molar-refractivity contribution in [1.29, 1.82) is 0 Å². The van der Waals surface area contributed by atoms with E-state index in [2.05, 4.69) is 5.32 Å². The van der Waals surface area contributed by atoms with Crippen molar-refractivity contribution < 1.29 is 14.3 Å². The van der Waals surface area contributed by atoms with Gasteiger partial charge in [-0.3, -0.25) is 5.32 Å². The number of hydrogen-bond acceptors (Lipinski definition) is 4. The fourth-order valence-electron chi connectivity index (χ4n) is 2.51. The molecular formula is C16H23NO3. The lowest BCUT2D eigenvalue weighted by Crippen LogP contribution is -2.49. The van der Waals surface area contributed by atoms with Crippen molar-refractivity contribution in [3.63, 3.8) is 0 Å². The fraction of sp³-hybridized carbons (Fsp3) is 0.562. The average Bonchev–Trinajstić information content (AvgIpc) is 2.98. The highest BCUT2D eigenvalue weighted by molar-refractivity contribution is 5.82. The van der Waals surface area contributed by atoms with E-state index in [4.69, 9.17) is 9.47 Å². The van der Waals surface area contributed by atoms with Crippen LogP contribution < -0.4 is 5.32 Å². The molecule has 0 aromatic heterocycles. The van der Waals surface area contributed by atoms with Gasteiger partial charge in [-0.2, -0.15) is 0 Å². The third-order valence-electron chi connectivity index (χ3n) is 3.93. The number of carbonyl (C=O) groups excluding carboxylic acids is 1. The van der Waals surface area contributed by atoms with Crippen molar-refractivity contribution in [3.8, 4) is 0 Å². The van der Waals surface area contributed by atoms with Crippen LogP contribution in [0.2, 0.25) is 0 Å².